The molecule has 1 rings (SSSR count). The van der Waals surface area contributed by atoms with Crippen molar-refractivity contribution >= 4 is 6.09 Å². The molecule has 0 aromatic rings. The number of carboxylic acid groups (broad SMARTS) is 1. The summed E-state index contributed by atoms with van der Waals surface area (Å²) in [5.41, 5.74) is -0.874. The number of carbonyl (C=O) groups is 1. The fourth-order valence-electron chi connectivity index (χ4n) is 2.80. The predicted octanol–water partition coefficient (Wildman–Crippen LogP) is 2.08. The molecule has 1 amide bonds. The van der Waals surface area contributed by atoms with Gasteiger partial charge in [-0.25, -0.2) is 4.79 Å². The lowest BCUT2D eigenvalue weighted by Crippen LogP contribution is -2.54. The highest BCUT2D eigenvalue weighted by atomic mass is 16.5. The monoisotopic (exact) mass is 259 g/mol. The van der Waals surface area contributed by atoms with Gasteiger partial charge in [0.2, 0.25) is 0 Å². The lowest BCUT2D eigenvalue weighted by Gasteiger charge is -2.45. The van der Waals surface area contributed by atoms with Crippen molar-refractivity contribution in [1.29, 1.82) is 0 Å². The van der Waals surface area contributed by atoms with E-state index in [1.807, 2.05) is 20.8 Å². The Balaban J connectivity index is 2.74. The van der Waals surface area contributed by atoms with Gasteiger partial charge in [0.1, 0.15) is 0 Å². The van der Waals surface area contributed by atoms with Gasteiger partial charge in [-0.15, -0.1) is 0 Å². The van der Waals surface area contributed by atoms with Crippen LogP contribution in [0.1, 0.15) is 46.5 Å². The molecule has 1 fully saturated rings. The van der Waals surface area contributed by atoms with E-state index < -0.39 is 17.2 Å². The number of hydrogen-bond donors (Lipinski definition) is 2. The number of aliphatic hydroxyl groups excluding tert-OH is 1. The first kappa shape index (κ1) is 15.2. The Morgan fingerprint density at radius 3 is 2.17 bits per heavy atom. The van der Waals surface area contributed by atoms with Crippen LogP contribution in [0.3, 0.4) is 0 Å². The van der Waals surface area contributed by atoms with E-state index in [1.165, 1.54) is 4.90 Å². The van der Waals surface area contributed by atoms with Crippen molar-refractivity contribution in [1.82, 2.24) is 4.90 Å². The largest absolute Gasteiger partial charge is 0.465 e. The molecule has 18 heavy (non-hydrogen) atoms. The van der Waals surface area contributed by atoms with Gasteiger partial charge in [-0.05, 0) is 46.5 Å². The average molecular weight is 259 g/mol. The van der Waals surface area contributed by atoms with E-state index >= 15 is 0 Å². The number of rotatable bonds is 3. The normalized spacial score (nSPS) is 29.1. The lowest BCUT2D eigenvalue weighted by molar-refractivity contribution is -0.0904. The molecule has 1 aliphatic carbocycles. The number of methoxy groups -OCH3 is 1. The molecule has 0 radical (unpaired) electrons. The number of nitrogens with zero attached hydrogens (tertiary/aromatic N) is 1. The van der Waals surface area contributed by atoms with Gasteiger partial charge in [-0.1, -0.05) is 0 Å². The Morgan fingerprint density at radius 2 is 1.89 bits per heavy atom. The van der Waals surface area contributed by atoms with E-state index in [0.717, 1.165) is 12.8 Å². The standard InChI is InChI=1S/C13H25NO4/c1-12(2,3)14(11(16)17)10-5-7-13(9-15,18-4)8-6-10/h10,15H,5-9H2,1-4H3,(H,16,17). The highest BCUT2D eigenvalue weighted by Crippen LogP contribution is 2.35. The average Bonchev–Trinajstić information content (AvgIpc) is 2.28. The zero-order chi connectivity index (χ0) is 14.0. The number of hydrogen-bond acceptors (Lipinski definition) is 3. The second kappa shape index (κ2) is 5.45. The zero-order valence-corrected chi connectivity index (χ0v) is 11.8. The third kappa shape index (κ3) is 3.14. The first-order chi connectivity index (χ1) is 8.25. The molecule has 1 saturated carbocycles. The van der Waals surface area contributed by atoms with Crippen LogP contribution in [-0.4, -0.2) is 52.1 Å². The van der Waals surface area contributed by atoms with E-state index in [2.05, 4.69) is 0 Å². The van der Waals surface area contributed by atoms with Crippen molar-refractivity contribution in [3.05, 3.63) is 0 Å². The minimum Gasteiger partial charge on any atom is -0.465 e. The molecule has 0 aliphatic heterocycles. The Hall–Kier alpha value is -0.810. The molecular formula is C13H25NO4. The van der Waals surface area contributed by atoms with Crippen molar-refractivity contribution in [3.63, 3.8) is 0 Å². The summed E-state index contributed by atoms with van der Waals surface area (Å²) in [6.07, 6.45) is 1.99. The van der Waals surface area contributed by atoms with Gasteiger partial charge in [-0.2, -0.15) is 0 Å². The van der Waals surface area contributed by atoms with E-state index in [4.69, 9.17) is 4.74 Å². The van der Waals surface area contributed by atoms with Crippen LogP contribution in [-0.2, 0) is 4.74 Å². The molecule has 0 bridgehead atoms. The smallest absolute Gasteiger partial charge is 0.407 e. The SMILES string of the molecule is COC1(CO)CCC(N(C(=O)O)C(C)(C)C)CC1. The van der Waals surface area contributed by atoms with Crippen LogP contribution < -0.4 is 0 Å². The maximum Gasteiger partial charge on any atom is 0.407 e. The summed E-state index contributed by atoms with van der Waals surface area (Å²) in [6.45, 7) is 5.72. The summed E-state index contributed by atoms with van der Waals surface area (Å²) in [7, 11) is 1.61. The topological polar surface area (TPSA) is 70.0 Å². The van der Waals surface area contributed by atoms with Crippen LogP contribution in [0.2, 0.25) is 0 Å². The van der Waals surface area contributed by atoms with Crippen LogP contribution in [0.5, 0.6) is 0 Å². The van der Waals surface area contributed by atoms with Gasteiger partial charge >= 0.3 is 6.09 Å². The Labute approximate surface area is 109 Å². The molecule has 0 saturated heterocycles. The first-order valence-electron chi connectivity index (χ1n) is 6.44. The molecule has 0 atom stereocenters. The van der Waals surface area contributed by atoms with Crippen molar-refractivity contribution in [2.75, 3.05) is 13.7 Å². The van der Waals surface area contributed by atoms with Crippen LogP contribution in [0.4, 0.5) is 4.79 Å². The molecule has 2 N–H and O–H groups in total. The number of aliphatic hydroxyl groups is 1. The Bertz CT molecular complexity index is 284. The van der Waals surface area contributed by atoms with Crippen LogP contribution in [0, 0.1) is 0 Å². The molecule has 0 unspecified atom stereocenters. The van der Waals surface area contributed by atoms with Gasteiger partial charge in [0.25, 0.3) is 0 Å². The van der Waals surface area contributed by atoms with Gasteiger partial charge in [0.15, 0.2) is 0 Å². The maximum atomic E-state index is 11.4. The zero-order valence-electron chi connectivity index (χ0n) is 11.8. The maximum absolute atomic E-state index is 11.4. The first-order valence-corrected chi connectivity index (χ1v) is 6.44. The van der Waals surface area contributed by atoms with Crippen molar-refractivity contribution in [3.8, 4) is 0 Å². The van der Waals surface area contributed by atoms with E-state index in [-0.39, 0.29) is 12.6 Å². The predicted molar refractivity (Wildman–Crippen MR) is 68.7 cm³/mol. The third-order valence-electron chi connectivity index (χ3n) is 3.88. The highest BCUT2D eigenvalue weighted by molar-refractivity contribution is 5.66. The van der Waals surface area contributed by atoms with E-state index in [9.17, 15) is 15.0 Å². The molecule has 0 aromatic carbocycles. The molecular weight excluding hydrogens is 234 g/mol. The van der Waals surface area contributed by atoms with Crippen molar-refractivity contribution < 1.29 is 19.7 Å². The molecule has 106 valence electrons. The second-order valence-corrected chi connectivity index (χ2v) is 6.10. The van der Waals surface area contributed by atoms with Gasteiger partial charge in [-0.3, -0.25) is 0 Å². The minimum absolute atomic E-state index is 0.00118. The molecule has 0 aromatic heterocycles. The summed E-state index contributed by atoms with van der Waals surface area (Å²) < 4.78 is 5.39. The Kier molecular flexibility index (Phi) is 4.61. The highest BCUT2D eigenvalue weighted by Gasteiger charge is 2.40. The molecule has 5 heteroatoms. The molecule has 5 nitrogen and oxygen atoms in total. The summed E-state index contributed by atoms with van der Waals surface area (Å²) in [4.78, 5) is 12.9. The molecule has 0 heterocycles. The van der Waals surface area contributed by atoms with Crippen LogP contribution >= 0.6 is 0 Å². The third-order valence-corrected chi connectivity index (χ3v) is 3.88. The van der Waals surface area contributed by atoms with Crippen molar-refractivity contribution in [2.45, 2.75) is 63.6 Å². The second-order valence-electron chi connectivity index (χ2n) is 6.10. The fraction of sp³-hybridized carbons (Fsp3) is 0.923. The minimum atomic E-state index is -0.874. The van der Waals surface area contributed by atoms with Gasteiger partial charge < -0.3 is 19.8 Å². The quantitative estimate of drug-likeness (QED) is 0.814. The van der Waals surface area contributed by atoms with Crippen LogP contribution in [0.15, 0.2) is 0 Å². The summed E-state index contributed by atoms with van der Waals surface area (Å²) in [5.74, 6) is 0. The van der Waals surface area contributed by atoms with Crippen LogP contribution in [0.25, 0.3) is 0 Å². The number of amides is 1. The lowest BCUT2D eigenvalue weighted by atomic mass is 9.81. The van der Waals surface area contributed by atoms with Gasteiger partial charge in [0.05, 0.1) is 12.2 Å². The van der Waals surface area contributed by atoms with Gasteiger partial charge in [0, 0.05) is 18.7 Å². The van der Waals surface area contributed by atoms with E-state index in [1.54, 1.807) is 7.11 Å². The fourth-order valence-corrected chi connectivity index (χ4v) is 2.80. The Morgan fingerprint density at radius 1 is 1.39 bits per heavy atom. The summed E-state index contributed by atoms with van der Waals surface area (Å²) in [6, 6.07) is 0.0114. The van der Waals surface area contributed by atoms with E-state index in [0.29, 0.717) is 12.8 Å². The molecule has 0 spiro atoms. The molecule has 1 aliphatic rings. The van der Waals surface area contributed by atoms with Crippen molar-refractivity contribution in [2.24, 2.45) is 0 Å². The number of ether oxygens (including phenoxy) is 1. The summed E-state index contributed by atoms with van der Waals surface area (Å²) >= 11 is 0. The summed E-state index contributed by atoms with van der Waals surface area (Å²) in [5, 5.41) is 18.7.